The van der Waals surface area contributed by atoms with Crippen LogP contribution in [0.1, 0.15) is 97.8 Å². The van der Waals surface area contributed by atoms with Crippen molar-refractivity contribution >= 4 is 0 Å². The minimum absolute atomic E-state index is 0.476. The van der Waals surface area contributed by atoms with Gasteiger partial charge >= 0.3 is 0 Å². The summed E-state index contributed by atoms with van der Waals surface area (Å²) in [6.45, 7) is 9.64. The Morgan fingerprint density at radius 2 is 1.56 bits per heavy atom. The van der Waals surface area contributed by atoms with E-state index in [1.807, 2.05) is 6.92 Å². The van der Waals surface area contributed by atoms with E-state index in [-0.39, 0.29) is 0 Å². The molecule has 1 fully saturated rings. The highest BCUT2D eigenvalue weighted by Crippen LogP contribution is 2.29. The van der Waals surface area contributed by atoms with E-state index >= 15 is 0 Å². The number of hydrogen-bond donors (Lipinski definition) is 4. The van der Waals surface area contributed by atoms with Crippen LogP contribution in [0.4, 0.5) is 0 Å². The third kappa shape index (κ3) is 10.4. The molecule has 0 amide bonds. The zero-order valence-electron chi connectivity index (χ0n) is 20.5. The normalized spacial score (nSPS) is 28.5. The molecule has 32 heavy (non-hydrogen) atoms. The Bertz CT molecular complexity index is 534. The van der Waals surface area contributed by atoms with Gasteiger partial charge in [-0.15, -0.1) is 6.58 Å². The van der Waals surface area contributed by atoms with Gasteiger partial charge in [0.2, 0.25) is 0 Å². The zero-order valence-corrected chi connectivity index (χ0v) is 20.5. The number of rotatable bonds is 17. The Morgan fingerprint density at radius 1 is 0.969 bits per heavy atom. The van der Waals surface area contributed by atoms with Crippen LogP contribution in [0, 0.1) is 0 Å². The Hall–Kier alpha value is -0.760. The van der Waals surface area contributed by atoms with Crippen LogP contribution in [0.2, 0.25) is 0 Å². The lowest BCUT2D eigenvalue weighted by Gasteiger charge is -2.42. The second-order valence-corrected chi connectivity index (χ2v) is 9.50. The molecule has 6 nitrogen and oxygen atoms in total. The Morgan fingerprint density at radius 3 is 2.12 bits per heavy atom. The molecule has 0 unspecified atom stereocenters. The molecule has 1 aliphatic heterocycles. The van der Waals surface area contributed by atoms with E-state index in [4.69, 9.17) is 9.47 Å². The maximum atomic E-state index is 10.2. The van der Waals surface area contributed by atoms with E-state index in [0.29, 0.717) is 6.42 Å². The fraction of sp³-hybridized carbons (Fsp3) is 0.846. The minimum atomic E-state index is -1.45. The highest BCUT2D eigenvalue weighted by Gasteiger charge is 2.45. The van der Waals surface area contributed by atoms with E-state index in [9.17, 15) is 20.4 Å². The molecule has 0 aromatic rings. The molecule has 1 rings (SSSR count). The molecule has 188 valence electrons. The van der Waals surface area contributed by atoms with Crippen LogP contribution in [-0.2, 0) is 9.47 Å². The molecule has 0 aliphatic carbocycles. The molecule has 0 aromatic carbocycles. The summed E-state index contributed by atoms with van der Waals surface area (Å²) in [5.74, 6) is 0. The van der Waals surface area contributed by atoms with Gasteiger partial charge in [-0.3, -0.25) is 0 Å². The lowest BCUT2D eigenvalue weighted by Crippen LogP contribution is -2.60. The average molecular weight is 457 g/mol. The van der Waals surface area contributed by atoms with Gasteiger partial charge in [0.25, 0.3) is 0 Å². The quantitative estimate of drug-likeness (QED) is 0.191. The Labute approximate surface area is 195 Å². The van der Waals surface area contributed by atoms with Crippen molar-refractivity contribution in [1.82, 2.24) is 0 Å². The first-order valence-corrected chi connectivity index (χ1v) is 12.6. The van der Waals surface area contributed by atoms with E-state index in [1.54, 1.807) is 6.08 Å². The number of hydrogen-bond acceptors (Lipinski definition) is 6. The summed E-state index contributed by atoms with van der Waals surface area (Å²) < 4.78 is 11.4. The molecule has 6 heteroatoms. The zero-order chi connectivity index (χ0) is 24.0. The van der Waals surface area contributed by atoms with Crippen molar-refractivity contribution in [3.8, 4) is 0 Å². The summed E-state index contributed by atoms with van der Waals surface area (Å²) in [5, 5.41) is 39.4. The predicted octanol–water partition coefficient (Wildman–Crippen LogP) is 4.40. The monoisotopic (exact) mass is 456 g/mol. The number of unbranched alkanes of at least 4 members (excludes halogenated alkanes) is 8. The smallest absolute Gasteiger partial charge is 0.187 e. The third-order valence-corrected chi connectivity index (χ3v) is 6.47. The Balaban J connectivity index is 2.35. The number of allylic oxidation sites excluding steroid dienone is 2. The molecule has 0 saturated carbocycles. The second kappa shape index (κ2) is 16.0. The van der Waals surface area contributed by atoms with Gasteiger partial charge in [0.1, 0.15) is 24.4 Å². The highest BCUT2D eigenvalue weighted by atomic mass is 16.7. The van der Waals surface area contributed by atoms with Gasteiger partial charge in [0, 0.05) is 0 Å². The minimum Gasteiger partial charge on any atom is -0.394 e. The SMILES string of the molecule is C=C[C@](C)(CC/C=C(\C)CCCCCCCCCCC)O[C@@H]1O[C@H](CO)[C@@H](O)[C@H](O)[C@H]1O. The van der Waals surface area contributed by atoms with Crippen LogP contribution in [0.5, 0.6) is 0 Å². The lowest BCUT2D eigenvalue weighted by atomic mass is 9.96. The van der Waals surface area contributed by atoms with Gasteiger partial charge in [0.05, 0.1) is 12.2 Å². The van der Waals surface area contributed by atoms with Crippen molar-refractivity contribution in [2.45, 2.75) is 134 Å². The van der Waals surface area contributed by atoms with Crippen LogP contribution in [0.15, 0.2) is 24.3 Å². The number of aliphatic hydroxyl groups is 4. The van der Waals surface area contributed by atoms with E-state index in [2.05, 4.69) is 26.5 Å². The summed E-state index contributed by atoms with van der Waals surface area (Å²) in [4.78, 5) is 0. The molecule has 1 heterocycles. The summed E-state index contributed by atoms with van der Waals surface area (Å²) in [6, 6.07) is 0. The third-order valence-electron chi connectivity index (χ3n) is 6.47. The van der Waals surface area contributed by atoms with Crippen LogP contribution in [-0.4, -0.2) is 63.3 Å². The first-order valence-electron chi connectivity index (χ1n) is 12.6. The van der Waals surface area contributed by atoms with Crippen LogP contribution in [0.3, 0.4) is 0 Å². The molecule has 0 spiro atoms. The van der Waals surface area contributed by atoms with Crippen LogP contribution in [0.25, 0.3) is 0 Å². The van der Waals surface area contributed by atoms with Gasteiger partial charge < -0.3 is 29.9 Å². The van der Waals surface area contributed by atoms with Crippen molar-refractivity contribution < 1.29 is 29.9 Å². The summed E-state index contributed by atoms with van der Waals surface area (Å²) in [7, 11) is 0. The highest BCUT2D eigenvalue weighted by molar-refractivity contribution is 5.02. The van der Waals surface area contributed by atoms with Crippen LogP contribution >= 0.6 is 0 Å². The molecular formula is C26H48O6. The fourth-order valence-electron chi connectivity index (χ4n) is 4.06. The summed E-state index contributed by atoms with van der Waals surface area (Å²) in [6.07, 6.45) is 12.0. The maximum Gasteiger partial charge on any atom is 0.187 e. The largest absolute Gasteiger partial charge is 0.394 e. The van der Waals surface area contributed by atoms with Gasteiger partial charge in [-0.1, -0.05) is 76.0 Å². The molecule has 0 aromatic heterocycles. The lowest BCUT2D eigenvalue weighted by molar-refractivity contribution is -0.319. The van der Waals surface area contributed by atoms with E-state index in [1.165, 1.54) is 63.4 Å². The predicted molar refractivity (Wildman–Crippen MR) is 128 cm³/mol. The van der Waals surface area contributed by atoms with Crippen molar-refractivity contribution in [2.75, 3.05) is 6.61 Å². The van der Waals surface area contributed by atoms with E-state index in [0.717, 1.165) is 12.8 Å². The average Bonchev–Trinajstić information content (AvgIpc) is 2.78. The van der Waals surface area contributed by atoms with E-state index < -0.39 is 42.9 Å². The maximum absolute atomic E-state index is 10.2. The number of aliphatic hydroxyl groups excluding tert-OH is 4. The van der Waals surface area contributed by atoms with Crippen molar-refractivity contribution in [3.63, 3.8) is 0 Å². The molecule has 4 N–H and O–H groups in total. The van der Waals surface area contributed by atoms with Crippen LogP contribution < -0.4 is 0 Å². The fourth-order valence-corrected chi connectivity index (χ4v) is 4.06. The molecule has 0 radical (unpaired) electrons. The summed E-state index contributed by atoms with van der Waals surface area (Å²) >= 11 is 0. The van der Waals surface area contributed by atoms with Gasteiger partial charge in [-0.05, 0) is 39.5 Å². The molecule has 0 bridgehead atoms. The first-order chi connectivity index (χ1) is 15.3. The van der Waals surface area contributed by atoms with Gasteiger partial charge in [0.15, 0.2) is 6.29 Å². The van der Waals surface area contributed by atoms with Crippen molar-refractivity contribution in [3.05, 3.63) is 24.3 Å². The molecular weight excluding hydrogens is 408 g/mol. The first kappa shape index (κ1) is 29.3. The van der Waals surface area contributed by atoms with Crippen molar-refractivity contribution in [2.24, 2.45) is 0 Å². The topological polar surface area (TPSA) is 99.4 Å². The number of ether oxygens (including phenoxy) is 2. The van der Waals surface area contributed by atoms with Gasteiger partial charge in [-0.25, -0.2) is 0 Å². The van der Waals surface area contributed by atoms with Gasteiger partial charge in [-0.2, -0.15) is 0 Å². The molecule has 6 atom stereocenters. The second-order valence-electron chi connectivity index (χ2n) is 9.50. The summed E-state index contributed by atoms with van der Waals surface area (Å²) in [5.41, 5.74) is 0.592. The Kier molecular flexibility index (Phi) is 14.6. The standard InChI is InChI=1S/C26H48O6/c1-5-7-8-9-10-11-12-13-14-16-20(3)17-15-18-26(4,6-2)32-25-24(30)23(29)22(28)21(19-27)31-25/h6,17,21-25,27-30H,2,5,7-16,18-19H2,1,3-4H3/b20-17+/t21-,22-,23+,24-,25+,26-/m1/s1. The van der Waals surface area contributed by atoms with Crippen molar-refractivity contribution in [1.29, 1.82) is 0 Å². The molecule has 1 aliphatic rings. The molecule has 1 saturated heterocycles.